The fraction of sp³-hybridized carbons (Fsp3) is 1.00. The van der Waals surface area contributed by atoms with Gasteiger partial charge in [-0.15, -0.1) is 0 Å². The van der Waals surface area contributed by atoms with Crippen molar-refractivity contribution in [1.82, 2.24) is 5.32 Å². The van der Waals surface area contributed by atoms with Gasteiger partial charge in [-0.3, -0.25) is 0 Å². The lowest BCUT2D eigenvalue weighted by atomic mass is 10.2. The summed E-state index contributed by atoms with van der Waals surface area (Å²) in [5, 5.41) is 3.52. The van der Waals surface area contributed by atoms with E-state index in [1.807, 2.05) is 0 Å². The molecule has 2 atom stereocenters. The van der Waals surface area contributed by atoms with E-state index in [1.54, 1.807) is 7.11 Å². The Morgan fingerprint density at radius 2 is 2.09 bits per heavy atom. The molecular weight excluding hydrogens is 138 g/mol. The molecule has 1 rings (SSSR count). The molecule has 0 radical (unpaired) electrons. The molecule has 2 heteroatoms. The maximum atomic E-state index is 5.04. The summed E-state index contributed by atoms with van der Waals surface area (Å²) >= 11 is 0. The van der Waals surface area contributed by atoms with Crippen LogP contribution < -0.4 is 5.32 Å². The average Bonchev–Trinajstić information content (AvgIpc) is 2.67. The largest absolute Gasteiger partial charge is 0.383 e. The lowest BCUT2D eigenvalue weighted by Crippen LogP contribution is -2.38. The van der Waals surface area contributed by atoms with E-state index in [9.17, 15) is 0 Å². The van der Waals surface area contributed by atoms with Crippen molar-refractivity contribution in [3.05, 3.63) is 0 Å². The molecule has 0 bridgehead atoms. The Morgan fingerprint density at radius 3 is 2.55 bits per heavy atom. The molecule has 2 nitrogen and oxygen atoms in total. The van der Waals surface area contributed by atoms with E-state index in [0.29, 0.717) is 12.1 Å². The summed E-state index contributed by atoms with van der Waals surface area (Å²) in [5.41, 5.74) is 0. The Kier molecular flexibility index (Phi) is 3.34. The third-order valence-corrected chi connectivity index (χ3v) is 2.29. The standard InChI is InChI=1S/C9H19NO/c1-7(6-11-3)10-8(2)9-4-5-9/h7-10H,4-6H2,1-3H3/t7-,8-/m1/s1. The zero-order valence-corrected chi connectivity index (χ0v) is 7.76. The van der Waals surface area contributed by atoms with Crippen LogP contribution in [0.3, 0.4) is 0 Å². The van der Waals surface area contributed by atoms with Gasteiger partial charge in [-0.2, -0.15) is 0 Å². The average molecular weight is 157 g/mol. The molecule has 0 saturated heterocycles. The van der Waals surface area contributed by atoms with Gasteiger partial charge in [-0.1, -0.05) is 0 Å². The Bertz CT molecular complexity index is 112. The van der Waals surface area contributed by atoms with E-state index >= 15 is 0 Å². The van der Waals surface area contributed by atoms with Crippen LogP contribution in [0.1, 0.15) is 26.7 Å². The van der Waals surface area contributed by atoms with E-state index in [1.165, 1.54) is 12.8 Å². The van der Waals surface area contributed by atoms with Crippen molar-refractivity contribution in [1.29, 1.82) is 0 Å². The van der Waals surface area contributed by atoms with Crippen LogP contribution in [0, 0.1) is 5.92 Å². The Hall–Kier alpha value is -0.0800. The van der Waals surface area contributed by atoms with Crippen molar-refractivity contribution in [3.63, 3.8) is 0 Å². The third-order valence-electron chi connectivity index (χ3n) is 2.29. The first-order valence-corrected chi connectivity index (χ1v) is 4.49. The monoisotopic (exact) mass is 157 g/mol. The van der Waals surface area contributed by atoms with Gasteiger partial charge in [0.05, 0.1) is 6.61 Å². The molecule has 0 aromatic carbocycles. The fourth-order valence-electron chi connectivity index (χ4n) is 1.48. The van der Waals surface area contributed by atoms with Crippen molar-refractivity contribution in [3.8, 4) is 0 Å². The van der Waals surface area contributed by atoms with E-state index in [4.69, 9.17) is 4.74 Å². The van der Waals surface area contributed by atoms with Gasteiger partial charge in [0.1, 0.15) is 0 Å². The smallest absolute Gasteiger partial charge is 0.0613 e. The Balaban J connectivity index is 2.07. The highest BCUT2D eigenvalue weighted by atomic mass is 16.5. The molecule has 66 valence electrons. The number of ether oxygens (including phenoxy) is 1. The molecule has 1 saturated carbocycles. The molecule has 1 N–H and O–H groups in total. The lowest BCUT2D eigenvalue weighted by molar-refractivity contribution is 0.166. The molecule has 0 aliphatic heterocycles. The first kappa shape index (κ1) is 9.01. The summed E-state index contributed by atoms with van der Waals surface area (Å²) < 4.78 is 5.04. The third kappa shape index (κ3) is 3.21. The molecule has 0 aromatic rings. The second-order valence-electron chi connectivity index (χ2n) is 3.65. The Morgan fingerprint density at radius 1 is 1.45 bits per heavy atom. The van der Waals surface area contributed by atoms with Gasteiger partial charge in [0, 0.05) is 19.2 Å². The minimum Gasteiger partial charge on any atom is -0.383 e. The van der Waals surface area contributed by atoms with Crippen LogP contribution in [-0.2, 0) is 4.74 Å². The maximum Gasteiger partial charge on any atom is 0.0613 e. The summed E-state index contributed by atoms with van der Waals surface area (Å²) in [7, 11) is 1.75. The van der Waals surface area contributed by atoms with Crippen LogP contribution in [0.25, 0.3) is 0 Å². The molecule has 1 aliphatic rings. The number of hydrogen-bond acceptors (Lipinski definition) is 2. The van der Waals surface area contributed by atoms with Crippen molar-refractivity contribution in [2.24, 2.45) is 5.92 Å². The highest BCUT2D eigenvalue weighted by Gasteiger charge is 2.28. The van der Waals surface area contributed by atoms with E-state index in [0.717, 1.165) is 12.5 Å². The maximum absolute atomic E-state index is 5.04. The predicted octanol–water partition coefficient (Wildman–Crippen LogP) is 1.41. The van der Waals surface area contributed by atoms with E-state index in [2.05, 4.69) is 19.2 Å². The van der Waals surface area contributed by atoms with Crippen LogP contribution in [0.4, 0.5) is 0 Å². The molecule has 11 heavy (non-hydrogen) atoms. The van der Waals surface area contributed by atoms with Gasteiger partial charge in [0.25, 0.3) is 0 Å². The predicted molar refractivity (Wildman–Crippen MR) is 46.7 cm³/mol. The van der Waals surface area contributed by atoms with Crippen LogP contribution in [0.5, 0.6) is 0 Å². The second-order valence-corrected chi connectivity index (χ2v) is 3.65. The SMILES string of the molecule is COC[C@@H](C)N[C@H](C)C1CC1. The zero-order chi connectivity index (χ0) is 8.27. The highest BCUT2D eigenvalue weighted by Crippen LogP contribution is 2.32. The van der Waals surface area contributed by atoms with Crippen LogP contribution in [0.15, 0.2) is 0 Å². The topological polar surface area (TPSA) is 21.3 Å². The summed E-state index contributed by atoms with van der Waals surface area (Å²) in [6, 6.07) is 1.18. The number of methoxy groups -OCH3 is 1. The van der Waals surface area contributed by atoms with Crippen molar-refractivity contribution >= 4 is 0 Å². The number of nitrogens with one attached hydrogen (secondary N) is 1. The molecule has 1 fully saturated rings. The fourth-order valence-corrected chi connectivity index (χ4v) is 1.48. The van der Waals surface area contributed by atoms with E-state index < -0.39 is 0 Å². The summed E-state index contributed by atoms with van der Waals surface area (Å²) in [5.74, 6) is 0.939. The first-order chi connectivity index (χ1) is 5.24. The van der Waals surface area contributed by atoms with Crippen molar-refractivity contribution in [2.75, 3.05) is 13.7 Å². The minimum absolute atomic E-state index is 0.496. The van der Waals surface area contributed by atoms with Crippen LogP contribution in [-0.4, -0.2) is 25.8 Å². The Labute approximate surface area is 69.3 Å². The lowest BCUT2D eigenvalue weighted by Gasteiger charge is -2.18. The summed E-state index contributed by atoms with van der Waals surface area (Å²) in [4.78, 5) is 0. The highest BCUT2D eigenvalue weighted by molar-refractivity contribution is 4.84. The van der Waals surface area contributed by atoms with Gasteiger partial charge in [-0.25, -0.2) is 0 Å². The van der Waals surface area contributed by atoms with Crippen molar-refractivity contribution in [2.45, 2.75) is 38.8 Å². The summed E-state index contributed by atoms with van der Waals surface area (Å²) in [6.07, 6.45) is 2.82. The normalized spacial score (nSPS) is 23.2. The number of hydrogen-bond donors (Lipinski definition) is 1. The first-order valence-electron chi connectivity index (χ1n) is 4.49. The quantitative estimate of drug-likeness (QED) is 0.651. The van der Waals surface area contributed by atoms with Gasteiger partial charge in [-0.05, 0) is 32.6 Å². The van der Waals surface area contributed by atoms with E-state index in [-0.39, 0.29) is 0 Å². The van der Waals surface area contributed by atoms with Gasteiger partial charge >= 0.3 is 0 Å². The van der Waals surface area contributed by atoms with Crippen LogP contribution in [0.2, 0.25) is 0 Å². The van der Waals surface area contributed by atoms with Gasteiger partial charge < -0.3 is 10.1 Å². The molecular formula is C9H19NO. The summed E-state index contributed by atoms with van der Waals surface area (Å²) in [6.45, 7) is 5.25. The van der Waals surface area contributed by atoms with Gasteiger partial charge in [0.2, 0.25) is 0 Å². The second kappa shape index (κ2) is 4.07. The zero-order valence-electron chi connectivity index (χ0n) is 7.76. The molecule has 0 aromatic heterocycles. The number of rotatable bonds is 5. The molecule has 0 unspecified atom stereocenters. The van der Waals surface area contributed by atoms with Crippen molar-refractivity contribution < 1.29 is 4.74 Å². The molecule has 0 spiro atoms. The molecule has 1 aliphatic carbocycles. The van der Waals surface area contributed by atoms with Crippen LogP contribution >= 0.6 is 0 Å². The molecule has 0 heterocycles. The van der Waals surface area contributed by atoms with Gasteiger partial charge in [0.15, 0.2) is 0 Å². The minimum atomic E-state index is 0.496. The molecule has 0 amide bonds.